The lowest BCUT2D eigenvalue weighted by atomic mass is 10.2. The average molecular weight is 249 g/mol. The second-order valence-electron chi connectivity index (χ2n) is 3.76. The smallest absolute Gasteiger partial charge is 0.320 e. The molecule has 0 fully saturated rings. The number of carbonyl (C=O) groups excluding carboxylic acids is 1. The first-order valence-corrected chi connectivity index (χ1v) is 5.36. The highest BCUT2D eigenvalue weighted by atomic mass is 19.1. The van der Waals surface area contributed by atoms with Gasteiger partial charge in [-0.25, -0.2) is 9.18 Å². The summed E-state index contributed by atoms with van der Waals surface area (Å²) in [6, 6.07) is 7.11. The number of nitrogens with zero attached hydrogens (tertiary/aromatic N) is 1. The van der Waals surface area contributed by atoms with Crippen LogP contribution in [0.2, 0.25) is 0 Å². The van der Waals surface area contributed by atoms with Crippen LogP contribution in [0.3, 0.4) is 0 Å². The van der Waals surface area contributed by atoms with Crippen molar-refractivity contribution in [2.24, 2.45) is 0 Å². The van der Waals surface area contributed by atoms with Crippen LogP contribution in [0.25, 0.3) is 0 Å². The molecule has 0 radical (unpaired) electrons. The van der Waals surface area contributed by atoms with E-state index >= 15 is 0 Å². The van der Waals surface area contributed by atoms with E-state index in [2.05, 4.69) is 15.8 Å². The van der Waals surface area contributed by atoms with Crippen LogP contribution in [0.1, 0.15) is 11.3 Å². The number of amides is 2. The second-order valence-corrected chi connectivity index (χ2v) is 3.76. The van der Waals surface area contributed by atoms with Crippen LogP contribution >= 0.6 is 0 Å². The molecular formula is C12H12FN3O2. The van der Waals surface area contributed by atoms with Crippen molar-refractivity contribution >= 4 is 11.8 Å². The summed E-state index contributed by atoms with van der Waals surface area (Å²) < 4.78 is 17.5. The number of carbonyl (C=O) groups is 1. The molecule has 0 unspecified atom stereocenters. The van der Waals surface area contributed by atoms with Crippen molar-refractivity contribution in [1.29, 1.82) is 0 Å². The molecule has 0 saturated heterocycles. The highest BCUT2D eigenvalue weighted by Crippen LogP contribution is 2.07. The zero-order valence-electron chi connectivity index (χ0n) is 9.74. The minimum Gasteiger partial charge on any atom is -0.360 e. The van der Waals surface area contributed by atoms with E-state index in [9.17, 15) is 9.18 Å². The van der Waals surface area contributed by atoms with Crippen LogP contribution in [-0.4, -0.2) is 11.2 Å². The minimum absolute atomic E-state index is 0.304. The minimum atomic E-state index is -0.396. The number of aromatic nitrogens is 1. The third kappa shape index (κ3) is 3.31. The van der Waals surface area contributed by atoms with Gasteiger partial charge in [0, 0.05) is 12.6 Å². The average Bonchev–Trinajstić information content (AvgIpc) is 2.74. The Bertz CT molecular complexity index is 537. The summed E-state index contributed by atoms with van der Waals surface area (Å²) in [5, 5.41) is 8.76. The normalized spacial score (nSPS) is 10.1. The van der Waals surface area contributed by atoms with Gasteiger partial charge in [-0.3, -0.25) is 5.32 Å². The van der Waals surface area contributed by atoms with E-state index in [0.29, 0.717) is 18.1 Å². The molecule has 2 amide bonds. The zero-order chi connectivity index (χ0) is 13.0. The molecule has 6 heteroatoms. The van der Waals surface area contributed by atoms with Crippen molar-refractivity contribution in [3.63, 3.8) is 0 Å². The highest BCUT2D eigenvalue weighted by molar-refractivity contribution is 5.88. The van der Waals surface area contributed by atoms with E-state index in [1.165, 1.54) is 12.1 Å². The van der Waals surface area contributed by atoms with Gasteiger partial charge in [0.25, 0.3) is 0 Å². The fraction of sp³-hybridized carbons (Fsp3) is 0.167. The number of anilines is 1. The Morgan fingerprint density at radius 3 is 2.72 bits per heavy atom. The fourth-order valence-electron chi connectivity index (χ4n) is 1.37. The molecule has 2 rings (SSSR count). The maximum Gasteiger partial charge on any atom is 0.320 e. The Labute approximate surface area is 103 Å². The molecule has 1 aromatic carbocycles. The van der Waals surface area contributed by atoms with Gasteiger partial charge in [0.2, 0.25) is 0 Å². The number of halogens is 1. The molecule has 0 aliphatic carbocycles. The topological polar surface area (TPSA) is 67.2 Å². The number of hydrogen-bond donors (Lipinski definition) is 2. The first-order chi connectivity index (χ1) is 8.63. The van der Waals surface area contributed by atoms with Crippen LogP contribution in [0.5, 0.6) is 0 Å². The highest BCUT2D eigenvalue weighted by Gasteiger charge is 2.05. The number of rotatable bonds is 3. The number of urea groups is 1. The monoisotopic (exact) mass is 249 g/mol. The molecule has 0 atom stereocenters. The van der Waals surface area contributed by atoms with E-state index in [0.717, 1.165) is 5.56 Å². The van der Waals surface area contributed by atoms with Gasteiger partial charge < -0.3 is 9.84 Å². The molecule has 0 bridgehead atoms. The van der Waals surface area contributed by atoms with E-state index in [1.807, 2.05) is 0 Å². The lowest BCUT2D eigenvalue weighted by Gasteiger charge is -2.05. The molecule has 0 spiro atoms. The first-order valence-electron chi connectivity index (χ1n) is 5.36. The van der Waals surface area contributed by atoms with E-state index in [-0.39, 0.29) is 5.82 Å². The lowest BCUT2D eigenvalue weighted by molar-refractivity contribution is 0.251. The molecule has 0 aliphatic heterocycles. The summed E-state index contributed by atoms with van der Waals surface area (Å²) in [5.74, 6) is 0.661. The Morgan fingerprint density at radius 2 is 2.11 bits per heavy atom. The maximum absolute atomic E-state index is 12.7. The van der Waals surface area contributed by atoms with Crippen LogP contribution < -0.4 is 10.6 Å². The third-order valence-electron chi connectivity index (χ3n) is 2.24. The van der Waals surface area contributed by atoms with Crippen LogP contribution in [-0.2, 0) is 6.54 Å². The van der Waals surface area contributed by atoms with Crippen molar-refractivity contribution in [1.82, 2.24) is 10.5 Å². The van der Waals surface area contributed by atoms with Crippen molar-refractivity contribution in [3.8, 4) is 0 Å². The van der Waals surface area contributed by atoms with Gasteiger partial charge in [-0.1, -0.05) is 17.3 Å². The molecule has 2 aromatic rings. The van der Waals surface area contributed by atoms with E-state index in [4.69, 9.17) is 4.52 Å². The molecule has 0 saturated carbocycles. The number of aryl methyl sites for hydroxylation is 1. The predicted molar refractivity (Wildman–Crippen MR) is 63.5 cm³/mol. The van der Waals surface area contributed by atoms with Gasteiger partial charge in [-0.05, 0) is 24.6 Å². The lowest BCUT2D eigenvalue weighted by Crippen LogP contribution is -2.28. The molecule has 0 aliphatic rings. The summed E-state index contributed by atoms with van der Waals surface area (Å²) in [4.78, 5) is 11.5. The zero-order valence-corrected chi connectivity index (χ0v) is 9.74. The van der Waals surface area contributed by atoms with Crippen molar-refractivity contribution in [3.05, 3.63) is 47.5 Å². The summed E-state index contributed by atoms with van der Waals surface area (Å²) in [6.45, 7) is 2.04. The van der Waals surface area contributed by atoms with Gasteiger partial charge in [0.05, 0.1) is 0 Å². The predicted octanol–water partition coefficient (Wildman–Crippen LogP) is 2.44. The van der Waals surface area contributed by atoms with E-state index < -0.39 is 6.03 Å². The standard InChI is InChI=1S/C12H12FN3O2/c1-8-6-11(16-18-8)15-12(17)14-7-9-2-4-10(13)5-3-9/h2-6H,7H2,1H3,(H2,14,15,16,17). The summed E-state index contributed by atoms with van der Waals surface area (Å²) >= 11 is 0. The number of benzene rings is 1. The van der Waals surface area contributed by atoms with Crippen LogP contribution in [0.4, 0.5) is 15.0 Å². The van der Waals surface area contributed by atoms with Gasteiger partial charge in [0.15, 0.2) is 5.82 Å². The number of nitrogens with one attached hydrogen (secondary N) is 2. The SMILES string of the molecule is Cc1cc(NC(=O)NCc2ccc(F)cc2)no1. The molecule has 18 heavy (non-hydrogen) atoms. The van der Waals surface area contributed by atoms with Crippen molar-refractivity contribution in [2.75, 3.05) is 5.32 Å². The molecule has 5 nitrogen and oxygen atoms in total. The molecule has 2 N–H and O–H groups in total. The van der Waals surface area contributed by atoms with Gasteiger partial charge in [-0.15, -0.1) is 0 Å². The Hall–Kier alpha value is -2.37. The quantitative estimate of drug-likeness (QED) is 0.877. The molecule has 1 aromatic heterocycles. The largest absolute Gasteiger partial charge is 0.360 e. The van der Waals surface area contributed by atoms with Crippen molar-refractivity contribution in [2.45, 2.75) is 13.5 Å². The summed E-state index contributed by atoms with van der Waals surface area (Å²) in [6.07, 6.45) is 0. The van der Waals surface area contributed by atoms with Crippen molar-refractivity contribution < 1.29 is 13.7 Å². The molecular weight excluding hydrogens is 237 g/mol. The third-order valence-corrected chi connectivity index (χ3v) is 2.24. The van der Waals surface area contributed by atoms with E-state index in [1.54, 1.807) is 25.1 Å². The van der Waals surface area contributed by atoms with Gasteiger partial charge in [0.1, 0.15) is 11.6 Å². The fourth-order valence-corrected chi connectivity index (χ4v) is 1.37. The number of hydrogen-bond acceptors (Lipinski definition) is 3. The second kappa shape index (κ2) is 5.31. The first kappa shape index (κ1) is 12.1. The Kier molecular flexibility index (Phi) is 3.57. The summed E-state index contributed by atoms with van der Waals surface area (Å²) in [5.41, 5.74) is 0.808. The Balaban J connectivity index is 1.83. The van der Waals surface area contributed by atoms with Gasteiger partial charge in [-0.2, -0.15) is 0 Å². The summed E-state index contributed by atoms with van der Waals surface area (Å²) in [7, 11) is 0. The van der Waals surface area contributed by atoms with Crippen LogP contribution in [0.15, 0.2) is 34.9 Å². The molecule has 94 valence electrons. The Morgan fingerprint density at radius 1 is 1.39 bits per heavy atom. The van der Waals surface area contributed by atoms with Crippen LogP contribution in [0, 0.1) is 12.7 Å². The van der Waals surface area contributed by atoms with Gasteiger partial charge >= 0.3 is 6.03 Å². The maximum atomic E-state index is 12.7. The molecule has 1 heterocycles.